The zero-order chi connectivity index (χ0) is 12.8. The van der Waals surface area contributed by atoms with E-state index in [0.717, 1.165) is 12.1 Å². The highest BCUT2D eigenvalue weighted by atomic mass is 19.2. The zero-order valence-corrected chi connectivity index (χ0v) is 9.62. The van der Waals surface area contributed by atoms with Gasteiger partial charge in [0.1, 0.15) is 0 Å². The smallest absolute Gasteiger partial charge is 0.303 e. The standard InChI is InChI=1S/C12H15F2NO2/c1-15(7-3-2-4-12(16)17)9-5-6-10(13)11(14)8-9/h5-6,8H,2-4,7H2,1H3,(H,16,17). The van der Waals surface area contributed by atoms with Crippen molar-refractivity contribution >= 4 is 11.7 Å². The fraction of sp³-hybridized carbons (Fsp3) is 0.417. The minimum absolute atomic E-state index is 0.131. The lowest BCUT2D eigenvalue weighted by molar-refractivity contribution is -0.137. The van der Waals surface area contributed by atoms with E-state index in [1.54, 1.807) is 11.9 Å². The van der Waals surface area contributed by atoms with Gasteiger partial charge in [-0.25, -0.2) is 8.78 Å². The lowest BCUT2D eigenvalue weighted by Crippen LogP contribution is -2.18. The predicted octanol–water partition coefficient (Wildman–Crippen LogP) is 2.66. The molecule has 0 aliphatic heterocycles. The summed E-state index contributed by atoms with van der Waals surface area (Å²) >= 11 is 0. The van der Waals surface area contributed by atoms with Crippen molar-refractivity contribution in [1.29, 1.82) is 0 Å². The summed E-state index contributed by atoms with van der Waals surface area (Å²) in [6.45, 7) is 0.609. The molecule has 0 aromatic heterocycles. The summed E-state index contributed by atoms with van der Waals surface area (Å²) in [4.78, 5) is 12.1. The van der Waals surface area contributed by atoms with Crippen LogP contribution in [0.4, 0.5) is 14.5 Å². The maximum Gasteiger partial charge on any atom is 0.303 e. The molecule has 0 aliphatic carbocycles. The number of aliphatic carboxylic acids is 1. The van der Waals surface area contributed by atoms with Crippen LogP contribution in [0.5, 0.6) is 0 Å². The monoisotopic (exact) mass is 243 g/mol. The van der Waals surface area contributed by atoms with E-state index in [9.17, 15) is 13.6 Å². The van der Waals surface area contributed by atoms with Gasteiger partial charge in [0.2, 0.25) is 0 Å². The molecule has 0 saturated carbocycles. The molecule has 1 aromatic rings. The van der Waals surface area contributed by atoms with Crippen LogP contribution in [0, 0.1) is 11.6 Å². The molecule has 0 aliphatic rings. The topological polar surface area (TPSA) is 40.5 Å². The molecule has 0 radical (unpaired) electrons. The first-order valence-corrected chi connectivity index (χ1v) is 5.38. The van der Waals surface area contributed by atoms with Crippen molar-refractivity contribution in [2.24, 2.45) is 0 Å². The van der Waals surface area contributed by atoms with Crippen LogP contribution in [0.25, 0.3) is 0 Å². The number of benzene rings is 1. The van der Waals surface area contributed by atoms with Gasteiger partial charge in [0.25, 0.3) is 0 Å². The van der Waals surface area contributed by atoms with E-state index in [1.165, 1.54) is 6.07 Å². The summed E-state index contributed by atoms with van der Waals surface area (Å²) < 4.78 is 25.7. The first kappa shape index (κ1) is 13.4. The molecule has 0 fully saturated rings. The Morgan fingerprint density at radius 1 is 1.29 bits per heavy atom. The summed E-state index contributed by atoms with van der Waals surface area (Å²) in [5.74, 6) is -2.56. The summed E-state index contributed by atoms with van der Waals surface area (Å²) in [6.07, 6.45) is 1.40. The van der Waals surface area contributed by atoms with E-state index in [1.807, 2.05) is 0 Å². The predicted molar refractivity (Wildman–Crippen MR) is 61.1 cm³/mol. The Bertz CT molecular complexity index is 396. The van der Waals surface area contributed by atoms with Crippen LogP contribution in [0.1, 0.15) is 19.3 Å². The highest BCUT2D eigenvalue weighted by Crippen LogP contribution is 2.17. The fourth-order valence-corrected chi connectivity index (χ4v) is 1.48. The number of nitrogens with zero attached hydrogens (tertiary/aromatic N) is 1. The largest absolute Gasteiger partial charge is 0.481 e. The van der Waals surface area contributed by atoms with Crippen LogP contribution >= 0.6 is 0 Å². The second-order valence-electron chi connectivity index (χ2n) is 3.87. The number of rotatable bonds is 6. The summed E-state index contributed by atoms with van der Waals surface area (Å²) in [6, 6.07) is 3.71. The minimum atomic E-state index is -0.875. The van der Waals surface area contributed by atoms with E-state index in [0.29, 0.717) is 25.1 Å². The molecule has 1 rings (SSSR count). The third-order valence-electron chi connectivity index (χ3n) is 2.48. The van der Waals surface area contributed by atoms with Crippen LogP contribution in [0.15, 0.2) is 18.2 Å². The highest BCUT2D eigenvalue weighted by Gasteiger charge is 2.06. The molecular formula is C12H15F2NO2. The van der Waals surface area contributed by atoms with Crippen molar-refractivity contribution in [3.8, 4) is 0 Å². The average molecular weight is 243 g/mol. The number of unbranched alkanes of at least 4 members (excludes halogenated alkanes) is 1. The normalized spacial score (nSPS) is 10.3. The van der Waals surface area contributed by atoms with Gasteiger partial charge in [-0.05, 0) is 25.0 Å². The van der Waals surface area contributed by atoms with Gasteiger partial charge in [0, 0.05) is 31.8 Å². The van der Waals surface area contributed by atoms with E-state index in [4.69, 9.17) is 5.11 Å². The van der Waals surface area contributed by atoms with Crippen molar-refractivity contribution in [3.05, 3.63) is 29.8 Å². The number of hydrogen-bond acceptors (Lipinski definition) is 2. The van der Waals surface area contributed by atoms with Crippen molar-refractivity contribution in [3.63, 3.8) is 0 Å². The number of carboxylic acid groups (broad SMARTS) is 1. The Morgan fingerprint density at radius 2 is 2.00 bits per heavy atom. The van der Waals surface area contributed by atoms with Crippen molar-refractivity contribution in [2.75, 3.05) is 18.5 Å². The maximum atomic E-state index is 13.0. The highest BCUT2D eigenvalue weighted by molar-refractivity contribution is 5.66. The molecule has 1 aromatic carbocycles. The SMILES string of the molecule is CN(CCCCC(=O)O)c1ccc(F)c(F)c1. The first-order chi connectivity index (χ1) is 8.00. The van der Waals surface area contributed by atoms with Gasteiger partial charge in [-0.2, -0.15) is 0 Å². The van der Waals surface area contributed by atoms with Gasteiger partial charge in [0.15, 0.2) is 11.6 Å². The van der Waals surface area contributed by atoms with Gasteiger partial charge in [-0.1, -0.05) is 0 Å². The first-order valence-electron chi connectivity index (χ1n) is 5.38. The minimum Gasteiger partial charge on any atom is -0.481 e. The summed E-state index contributed by atoms with van der Waals surface area (Å²) in [7, 11) is 1.76. The maximum absolute atomic E-state index is 13.0. The van der Waals surface area contributed by atoms with E-state index in [2.05, 4.69) is 0 Å². The molecule has 5 heteroatoms. The van der Waals surface area contributed by atoms with Crippen molar-refractivity contribution < 1.29 is 18.7 Å². The molecule has 94 valence electrons. The number of anilines is 1. The molecule has 0 atom stereocenters. The van der Waals surface area contributed by atoms with Gasteiger partial charge in [-0.3, -0.25) is 4.79 Å². The fourth-order valence-electron chi connectivity index (χ4n) is 1.48. The second kappa shape index (κ2) is 6.18. The molecular weight excluding hydrogens is 228 g/mol. The summed E-state index contributed by atoms with van der Waals surface area (Å²) in [5.41, 5.74) is 0.583. The van der Waals surface area contributed by atoms with E-state index in [-0.39, 0.29) is 6.42 Å². The van der Waals surface area contributed by atoms with E-state index < -0.39 is 17.6 Å². The third kappa shape index (κ3) is 4.38. The Balaban J connectivity index is 2.44. The number of carboxylic acids is 1. The third-order valence-corrected chi connectivity index (χ3v) is 2.48. The van der Waals surface area contributed by atoms with Gasteiger partial charge < -0.3 is 10.0 Å². The van der Waals surface area contributed by atoms with Crippen LogP contribution in [-0.4, -0.2) is 24.7 Å². The Hall–Kier alpha value is -1.65. The van der Waals surface area contributed by atoms with Crippen molar-refractivity contribution in [1.82, 2.24) is 0 Å². The molecule has 0 spiro atoms. The van der Waals surface area contributed by atoms with Crippen LogP contribution in [0.3, 0.4) is 0 Å². The van der Waals surface area contributed by atoms with Crippen LogP contribution in [-0.2, 0) is 4.79 Å². The summed E-state index contributed by atoms with van der Waals surface area (Å²) in [5, 5.41) is 8.46. The van der Waals surface area contributed by atoms with E-state index >= 15 is 0 Å². The average Bonchev–Trinajstić information content (AvgIpc) is 2.27. The molecule has 1 N–H and O–H groups in total. The Labute approximate surface area is 98.7 Å². The number of hydrogen-bond donors (Lipinski definition) is 1. The zero-order valence-electron chi connectivity index (χ0n) is 9.62. The Morgan fingerprint density at radius 3 is 2.59 bits per heavy atom. The lowest BCUT2D eigenvalue weighted by Gasteiger charge is -2.19. The Kier molecular flexibility index (Phi) is 4.87. The molecule has 17 heavy (non-hydrogen) atoms. The molecule has 0 unspecified atom stereocenters. The number of carbonyl (C=O) groups is 1. The molecule has 0 saturated heterocycles. The van der Waals surface area contributed by atoms with Gasteiger partial charge in [0.05, 0.1) is 0 Å². The molecule has 0 amide bonds. The van der Waals surface area contributed by atoms with Crippen molar-refractivity contribution in [2.45, 2.75) is 19.3 Å². The second-order valence-corrected chi connectivity index (χ2v) is 3.87. The number of halogens is 2. The quantitative estimate of drug-likeness (QED) is 0.781. The molecule has 0 bridgehead atoms. The molecule has 3 nitrogen and oxygen atoms in total. The lowest BCUT2D eigenvalue weighted by atomic mass is 10.2. The van der Waals surface area contributed by atoms with Gasteiger partial charge in [-0.15, -0.1) is 0 Å². The van der Waals surface area contributed by atoms with Crippen LogP contribution in [0.2, 0.25) is 0 Å². The molecule has 0 heterocycles. The van der Waals surface area contributed by atoms with Gasteiger partial charge >= 0.3 is 5.97 Å². The van der Waals surface area contributed by atoms with Crippen LogP contribution < -0.4 is 4.90 Å².